The minimum atomic E-state index is 0.659. The van der Waals surface area contributed by atoms with Crippen LogP contribution in [-0.2, 0) is 0 Å². The zero-order valence-corrected chi connectivity index (χ0v) is 14.8. The fraction of sp³-hybridized carbons (Fsp3) is 0.455. The van der Waals surface area contributed by atoms with Crippen LogP contribution >= 0.6 is 0 Å². The van der Waals surface area contributed by atoms with Crippen LogP contribution in [0.25, 0.3) is 0 Å². The molecular weight excluding hydrogens is 264 g/mol. The van der Waals surface area contributed by atoms with Gasteiger partial charge in [0.15, 0.2) is 0 Å². The monoisotopic (exact) mass is 294 g/mol. The summed E-state index contributed by atoms with van der Waals surface area (Å²) in [5, 5.41) is 0. The first-order chi connectivity index (χ1) is 10.5. The third-order valence-electron chi connectivity index (χ3n) is 4.42. The Balaban J connectivity index is 0.000000172. The lowest BCUT2D eigenvalue weighted by molar-refractivity contribution is 0.832. The van der Waals surface area contributed by atoms with Crippen molar-refractivity contribution in [2.24, 2.45) is 0 Å². The van der Waals surface area contributed by atoms with Crippen molar-refractivity contribution in [1.29, 1.82) is 0 Å². The van der Waals surface area contributed by atoms with Crippen LogP contribution in [0.2, 0.25) is 0 Å². The minimum Gasteiger partial charge on any atom is -0.0622 e. The molecule has 0 atom stereocenters. The Kier molecular flexibility index (Phi) is 5.83. The summed E-state index contributed by atoms with van der Waals surface area (Å²) in [5.74, 6) is 2.22. The van der Waals surface area contributed by atoms with E-state index < -0.39 is 0 Å². The van der Waals surface area contributed by atoms with Crippen LogP contribution < -0.4 is 0 Å². The van der Waals surface area contributed by atoms with E-state index in [0.717, 1.165) is 5.92 Å². The summed E-state index contributed by atoms with van der Waals surface area (Å²) < 4.78 is 0. The van der Waals surface area contributed by atoms with Crippen molar-refractivity contribution in [1.82, 2.24) is 0 Å². The predicted molar refractivity (Wildman–Crippen MR) is 97.8 cm³/mol. The Morgan fingerprint density at radius 1 is 0.773 bits per heavy atom. The van der Waals surface area contributed by atoms with Gasteiger partial charge >= 0.3 is 0 Å². The first-order valence-electron chi connectivity index (χ1n) is 8.65. The van der Waals surface area contributed by atoms with E-state index in [0.29, 0.717) is 11.8 Å². The van der Waals surface area contributed by atoms with Gasteiger partial charge in [-0.05, 0) is 59.8 Å². The zero-order valence-electron chi connectivity index (χ0n) is 14.8. The van der Waals surface area contributed by atoms with Crippen molar-refractivity contribution in [3.63, 3.8) is 0 Å². The normalized spacial score (nSPS) is 14.0. The van der Waals surface area contributed by atoms with E-state index in [4.69, 9.17) is 0 Å². The van der Waals surface area contributed by atoms with Gasteiger partial charge in [-0.3, -0.25) is 0 Å². The number of hydrogen-bond donors (Lipinski definition) is 0. The summed E-state index contributed by atoms with van der Waals surface area (Å²) in [6.07, 6.45) is 2.81. The molecule has 0 heteroatoms. The largest absolute Gasteiger partial charge is 0.0622 e. The van der Waals surface area contributed by atoms with Crippen molar-refractivity contribution in [2.75, 3.05) is 0 Å². The Hall–Kier alpha value is -1.56. The van der Waals surface area contributed by atoms with Crippen LogP contribution in [0.4, 0.5) is 0 Å². The van der Waals surface area contributed by atoms with Crippen LogP contribution in [0.5, 0.6) is 0 Å². The van der Waals surface area contributed by atoms with E-state index in [-0.39, 0.29) is 0 Å². The van der Waals surface area contributed by atoms with E-state index >= 15 is 0 Å². The maximum Gasteiger partial charge on any atom is -0.0159 e. The molecule has 0 aliphatic heterocycles. The first-order valence-corrected chi connectivity index (χ1v) is 8.65. The highest BCUT2D eigenvalue weighted by molar-refractivity contribution is 5.40. The SMILES string of the molecule is CC(C)c1ccccc1.Cc1cccc(C2CC2)c1C(C)C. The van der Waals surface area contributed by atoms with Gasteiger partial charge in [-0.2, -0.15) is 0 Å². The second-order valence-electron chi connectivity index (χ2n) is 7.07. The smallest absolute Gasteiger partial charge is 0.0159 e. The molecular formula is C22H30. The third-order valence-corrected chi connectivity index (χ3v) is 4.42. The molecule has 0 amide bonds. The van der Waals surface area contributed by atoms with Crippen molar-refractivity contribution >= 4 is 0 Å². The lowest BCUT2D eigenvalue weighted by Crippen LogP contribution is -1.97. The molecule has 1 saturated carbocycles. The van der Waals surface area contributed by atoms with Gasteiger partial charge in [0.2, 0.25) is 0 Å². The van der Waals surface area contributed by atoms with Crippen molar-refractivity contribution in [3.8, 4) is 0 Å². The van der Waals surface area contributed by atoms with Crippen molar-refractivity contribution in [2.45, 2.75) is 65.2 Å². The van der Waals surface area contributed by atoms with Crippen LogP contribution in [0.1, 0.15) is 80.5 Å². The Labute approximate surface area is 136 Å². The molecule has 0 unspecified atom stereocenters. The molecule has 2 aromatic rings. The number of benzene rings is 2. The van der Waals surface area contributed by atoms with Gasteiger partial charge in [-0.1, -0.05) is 76.2 Å². The molecule has 2 aromatic carbocycles. The molecule has 3 rings (SSSR count). The Morgan fingerprint density at radius 2 is 1.41 bits per heavy atom. The quantitative estimate of drug-likeness (QED) is 0.583. The highest BCUT2D eigenvalue weighted by Gasteiger charge is 2.26. The van der Waals surface area contributed by atoms with Gasteiger partial charge in [0.05, 0.1) is 0 Å². The average Bonchev–Trinajstić information content (AvgIpc) is 3.33. The van der Waals surface area contributed by atoms with Gasteiger partial charge in [0, 0.05) is 0 Å². The zero-order chi connectivity index (χ0) is 16.1. The molecule has 1 fully saturated rings. The van der Waals surface area contributed by atoms with Crippen LogP contribution in [-0.4, -0.2) is 0 Å². The number of rotatable bonds is 3. The van der Waals surface area contributed by atoms with Crippen LogP contribution in [0, 0.1) is 6.92 Å². The Bertz CT molecular complexity index is 574. The summed E-state index contributed by atoms with van der Waals surface area (Å²) in [6.45, 7) is 11.2. The van der Waals surface area contributed by atoms with E-state index in [1.807, 2.05) is 6.07 Å². The first kappa shape index (κ1) is 16.8. The predicted octanol–water partition coefficient (Wildman–Crippen LogP) is 6.81. The third kappa shape index (κ3) is 4.47. The molecule has 0 aromatic heterocycles. The van der Waals surface area contributed by atoms with E-state index in [2.05, 4.69) is 77.1 Å². The van der Waals surface area contributed by atoms with Gasteiger partial charge in [-0.15, -0.1) is 0 Å². The maximum absolute atomic E-state index is 2.32. The summed E-state index contributed by atoms with van der Waals surface area (Å²) in [6, 6.07) is 17.3. The van der Waals surface area contributed by atoms with Crippen LogP contribution in [0.15, 0.2) is 48.5 Å². The minimum absolute atomic E-state index is 0.659. The topological polar surface area (TPSA) is 0 Å². The van der Waals surface area contributed by atoms with E-state index in [1.165, 1.54) is 24.0 Å². The Morgan fingerprint density at radius 3 is 1.86 bits per heavy atom. The summed E-state index contributed by atoms with van der Waals surface area (Å²) >= 11 is 0. The second kappa shape index (κ2) is 7.63. The average molecular weight is 294 g/mol. The van der Waals surface area contributed by atoms with Gasteiger partial charge in [0.25, 0.3) is 0 Å². The second-order valence-corrected chi connectivity index (χ2v) is 7.07. The molecule has 0 spiro atoms. The van der Waals surface area contributed by atoms with Gasteiger partial charge < -0.3 is 0 Å². The highest BCUT2D eigenvalue weighted by atomic mass is 14.3. The molecule has 0 saturated heterocycles. The lowest BCUT2D eigenvalue weighted by Gasteiger charge is -2.15. The van der Waals surface area contributed by atoms with Crippen molar-refractivity contribution < 1.29 is 0 Å². The van der Waals surface area contributed by atoms with Crippen molar-refractivity contribution in [3.05, 3.63) is 70.8 Å². The molecule has 0 heterocycles. The standard InChI is InChI=1S/C13H18.C9H12/c1-9(2)13-10(3)5-4-6-12(13)11-7-8-11;1-8(2)9-6-4-3-5-7-9/h4-6,9,11H,7-8H2,1-3H3;3-8H,1-2H3. The molecule has 0 N–H and O–H groups in total. The molecule has 22 heavy (non-hydrogen) atoms. The highest BCUT2D eigenvalue weighted by Crippen LogP contribution is 2.43. The fourth-order valence-electron chi connectivity index (χ4n) is 3.08. The summed E-state index contributed by atoms with van der Waals surface area (Å²) in [7, 11) is 0. The fourth-order valence-corrected chi connectivity index (χ4v) is 3.08. The lowest BCUT2D eigenvalue weighted by atomic mass is 9.90. The molecule has 118 valence electrons. The molecule has 0 bridgehead atoms. The van der Waals surface area contributed by atoms with E-state index in [1.54, 1.807) is 11.1 Å². The van der Waals surface area contributed by atoms with Crippen LogP contribution in [0.3, 0.4) is 0 Å². The summed E-state index contributed by atoms with van der Waals surface area (Å²) in [5.41, 5.74) is 6.11. The number of aryl methyl sites for hydroxylation is 1. The molecule has 0 radical (unpaired) electrons. The molecule has 1 aliphatic carbocycles. The maximum atomic E-state index is 2.32. The van der Waals surface area contributed by atoms with E-state index in [9.17, 15) is 0 Å². The number of hydrogen-bond acceptors (Lipinski definition) is 0. The van der Waals surface area contributed by atoms with Gasteiger partial charge in [0.1, 0.15) is 0 Å². The molecule has 0 nitrogen and oxygen atoms in total. The molecule has 1 aliphatic rings. The van der Waals surface area contributed by atoms with Gasteiger partial charge in [-0.25, -0.2) is 0 Å². The summed E-state index contributed by atoms with van der Waals surface area (Å²) in [4.78, 5) is 0.